The van der Waals surface area contributed by atoms with Gasteiger partial charge in [-0.15, -0.1) is 0 Å². The van der Waals surface area contributed by atoms with Crippen molar-refractivity contribution in [2.24, 2.45) is 0 Å². The number of hydrogen-bond donors (Lipinski definition) is 1. The average Bonchev–Trinajstić information content (AvgIpc) is 2.54. The number of nitrogens with zero attached hydrogens (tertiary/aromatic N) is 1. The number of nitrogens with one attached hydrogen (secondary N) is 1. The fraction of sp³-hybridized carbons (Fsp3) is 0. The second kappa shape index (κ2) is 7.91. The van der Waals surface area contributed by atoms with E-state index < -0.39 is 4.92 Å². The first-order valence-corrected chi connectivity index (χ1v) is 7.09. The summed E-state index contributed by atoms with van der Waals surface area (Å²) in [5.41, 5.74) is 1.08. The number of hydrogen-bond acceptors (Lipinski definition) is 3. The Labute approximate surface area is 138 Å². The quantitative estimate of drug-likeness (QED) is 0.381. The summed E-state index contributed by atoms with van der Waals surface area (Å²) in [7, 11) is 0. The van der Waals surface area contributed by atoms with Crippen molar-refractivity contribution < 1.29 is 9.72 Å². The van der Waals surface area contributed by atoms with E-state index in [2.05, 4.69) is 5.32 Å². The number of rotatable bonds is 5. The summed E-state index contributed by atoms with van der Waals surface area (Å²) in [6, 6.07) is 13.7. The van der Waals surface area contributed by atoms with Gasteiger partial charge in [0.1, 0.15) is 5.02 Å². The maximum Gasteiger partial charge on any atom is 0.289 e. The number of nitro groups is 1. The highest BCUT2D eigenvalue weighted by atomic mass is 35.5. The summed E-state index contributed by atoms with van der Waals surface area (Å²) in [5, 5.41) is 13.4. The molecule has 23 heavy (non-hydrogen) atoms. The van der Waals surface area contributed by atoms with Gasteiger partial charge in [-0.1, -0.05) is 60.2 Å². The summed E-state index contributed by atoms with van der Waals surface area (Å²) in [6.07, 6.45) is 6.52. The van der Waals surface area contributed by atoms with Crippen molar-refractivity contribution in [2.45, 2.75) is 0 Å². The zero-order valence-corrected chi connectivity index (χ0v) is 12.7. The fourth-order valence-electron chi connectivity index (χ4n) is 1.79. The molecule has 0 radical (unpaired) electrons. The molecule has 2 aromatic rings. The predicted octanol–water partition coefficient (Wildman–Crippen LogP) is 4.46. The Morgan fingerprint density at radius 1 is 1.13 bits per heavy atom. The number of allylic oxidation sites excluding steroid dienone is 2. The van der Waals surface area contributed by atoms with Crippen molar-refractivity contribution >= 4 is 35.0 Å². The normalized spacial score (nSPS) is 11.0. The number of benzene rings is 2. The number of amides is 1. The summed E-state index contributed by atoms with van der Waals surface area (Å²) in [5.74, 6) is -0.390. The van der Waals surface area contributed by atoms with Crippen molar-refractivity contribution in [3.05, 3.63) is 87.5 Å². The van der Waals surface area contributed by atoms with Gasteiger partial charge < -0.3 is 5.32 Å². The van der Waals surface area contributed by atoms with Gasteiger partial charge in [0.2, 0.25) is 5.91 Å². The number of anilines is 1. The fourth-order valence-corrected chi connectivity index (χ4v) is 1.97. The van der Waals surface area contributed by atoms with Crippen molar-refractivity contribution in [3.8, 4) is 0 Å². The summed E-state index contributed by atoms with van der Waals surface area (Å²) >= 11 is 5.71. The zero-order valence-electron chi connectivity index (χ0n) is 12.0. The van der Waals surface area contributed by atoms with Crippen molar-refractivity contribution in [1.29, 1.82) is 0 Å². The van der Waals surface area contributed by atoms with Crippen LogP contribution in [0.5, 0.6) is 0 Å². The van der Waals surface area contributed by atoms with Gasteiger partial charge in [0.15, 0.2) is 0 Å². The third-order valence-corrected chi connectivity index (χ3v) is 3.18. The van der Waals surface area contributed by atoms with Gasteiger partial charge in [-0.25, -0.2) is 0 Å². The van der Waals surface area contributed by atoms with E-state index in [1.807, 2.05) is 36.4 Å². The first-order chi connectivity index (χ1) is 11.1. The molecule has 0 spiro atoms. The van der Waals surface area contributed by atoms with Crippen LogP contribution in [0.2, 0.25) is 5.02 Å². The van der Waals surface area contributed by atoms with E-state index in [-0.39, 0.29) is 16.6 Å². The van der Waals surface area contributed by atoms with Crippen LogP contribution in [0, 0.1) is 10.1 Å². The maximum absolute atomic E-state index is 11.8. The van der Waals surface area contributed by atoms with Gasteiger partial charge in [0.25, 0.3) is 5.69 Å². The van der Waals surface area contributed by atoms with Gasteiger partial charge in [-0.3, -0.25) is 14.9 Å². The zero-order chi connectivity index (χ0) is 16.7. The minimum atomic E-state index is -0.601. The molecule has 116 valence electrons. The Balaban J connectivity index is 1.97. The van der Waals surface area contributed by atoms with E-state index in [4.69, 9.17) is 11.6 Å². The molecule has 0 atom stereocenters. The highest BCUT2D eigenvalue weighted by Crippen LogP contribution is 2.27. The molecule has 2 aromatic carbocycles. The molecule has 0 aliphatic rings. The molecule has 0 bridgehead atoms. The van der Waals surface area contributed by atoms with Gasteiger partial charge in [0, 0.05) is 17.8 Å². The van der Waals surface area contributed by atoms with Gasteiger partial charge in [0.05, 0.1) is 4.92 Å². The lowest BCUT2D eigenvalue weighted by molar-refractivity contribution is -0.384. The number of halogens is 1. The molecular weight excluding hydrogens is 316 g/mol. The van der Waals surface area contributed by atoms with Crippen LogP contribution in [0.1, 0.15) is 5.56 Å². The molecule has 5 nitrogen and oxygen atoms in total. The molecule has 1 amide bonds. The van der Waals surface area contributed by atoms with Crippen LogP contribution in [0.15, 0.2) is 66.8 Å². The van der Waals surface area contributed by atoms with Crippen LogP contribution in [-0.2, 0) is 4.79 Å². The monoisotopic (exact) mass is 328 g/mol. The van der Waals surface area contributed by atoms with Crippen LogP contribution in [-0.4, -0.2) is 10.8 Å². The third kappa shape index (κ3) is 5.09. The van der Waals surface area contributed by atoms with Crippen molar-refractivity contribution in [1.82, 2.24) is 0 Å². The van der Waals surface area contributed by atoms with Crippen LogP contribution >= 0.6 is 11.6 Å². The minimum Gasteiger partial charge on any atom is -0.322 e. The van der Waals surface area contributed by atoms with E-state index in [0.29, 0.717) is 5.69 Å². The largest absolute Gasteiger partial charge is 0.322 e. The van der Waals surface area contributed by atoms with Crippen molar-refractivity contribution in [2.75, 3.05) is 5.32 Å². The van der Waals surface area contributed by atoms with E-state index in [1.54, 1.807) is 12.2 Å². The average molecular weight is 329 g/mol. The molecule has 0 aromatic heterocycles. The summed E-state index contributed by atoms with van der Waals surface area (Å²) in [4.78, 5) is 21.9. The van der Waals surface area contributed by atoms with E-state index in [0.717, 1.165) is 5.56 Å². The smallest absolute Gasteiger partial charge is 0.289 e. The maximum atomic E-state index is 11.8. The second-order valence-electron chi connectivity index (χ2n) is 4.54. The molecule has 0 saturated carbocycles. The third-order valence-electron chi connectivity index (χ3n) is 2.86. The molecule has 0 heterocycles. The summed E-state index contributed by atoms with van der Waals surface area (Å²) in [6.45, 7) is 0. The van der Waals surface area contributed by atoms with Gasteiger partial charge in [-0.05, 0) is 17.7 Å². The first kappa shape index (κ1) is 16.5. The second-order valence-corrected chi connectivity index (χ2v) is 4.95. The van der Waals surface area contributed by atoms with Crippen LogP contribution in [0.25, 0.3) is 6.08 Å². The Bertz CT molecular complexity index is 771. The Kier molecular flexibility index (Phi) is 5.66. The standard InChI is InChI=1S/C17H13ClN2O3/c18-15-11-10-14(12-16(15)20(22)23)19-17(21)9-5-4-8-13-6-2-1-3-7-13/h1-12H,(H,19,21). The van der Waals surface area contributed by atoms with Gasteiger partial charge >= 0.3 is 0 Å². The Hall–Kier alpha value is -2.92. The molecule has 6 heteroatoms. The topological polar surface area (TPSA) is 72.2 Å². The Morgan fingerprint density at radius 3 is 2.57 bits per heavy atom. The number of nitro benzene ring substituents is 1. The van der Waals surface area contributed by atoms with E-state index in [9.17, 15) is 14.9 Å². The lowest BCUT2D eigenvalue weighted by atomic mass is 10.2. The Morgan fingerprint density at radius 2 is 1.87 bits per heavy atom. The SMILES string of the molecule is O=C(C=CC=Cc1ccccc1)Nc1ccc(Cl)c([N+](=O)[O-])c1. The molecule has 0 aliphatic carbocycles. The van der Waals surface area contributed by atoms with E-state index in [1.165, 1.54) is 24.3 Å². The molecule has 0 aliphatic heterocycles. The van der Waals surface area contributed by atoms with Crippen molar-refractivity contribution in [3.63, 3.8) is 0 Å². The molecule has 0 fully saturated rings. The van der Waals surface area contributed by atoms with Crippen LogP contribution < -0.4 is 5.32 Å². The molecule has 0 unspecified atom stereocenters. The first-order valence-electron chi connectivity index (χ1n) is 6.71. The molecule has 0 saturated heterocycles. The highest BCUT2D eigenvalue weighted by Gasteiger charge is 2.13. The number of carbonyl (C=O) groups excluding carboxylic acids is 1. The lowest BCUT2D eigenvalue weighted by Gasteiger charge is -2.02. The van der Waals surface area contributed by atoms with Gasteiger partial charge in [-0.2, -0.15) is 0 Å². The molecule has 1 N–H and O–H groups in total. The molecular formula is C17H13ClN2O3. The van der Waals surface area contributed by atoms with Crippen LogP contribution in [0.4, 0.5) is 11.4 Å². The lowest BCUT2D eigenvalue weighted by Crippen LogP contribution is -2.07. The predicted molar refractivity (Wildman–Crippen MR) is 91.4 cm³/mol. The highest BCUT2D eigenvalue weighted by molar-refractivity contribution is 6.32. The summed E-state index contributed by atoms with van der Waals surface area (Å²) < 4.78 is 0. The van der Waals surface area contributed by atoms with E-state index >= 15 is 0 Å². The van der Waals surface area contributed by atoms with Crippen LogP contribution in [0.3, 0.4) is 0 Å². The minimum absolute atomic E-state index is 0.0225. The molecule has 2 rings (SSSR count). The number of carbonyl (C=O) groups is 1.